The zero-order chi connectivity index (χ0) is 18.1. The van der Waals surface area contributed by atoms with Gasteiger partial charge in [0.25, 0.3) is 0 Å². The van der Waals surface area contributed by atoms with Gasteiger partial charge in [0.1, 0.15) is 12.3 Å². The molecule has 0 saturated carbocycles. The Morgan fingerprint density at radius 1 is 1.00 bits per heavy atom. The number of hydrogen-bond acceptors (Lipinski definition) is 3. The predicted octanol–water partition coefficient (Wildman–Crippen LogP) is 3.96. The second kappa shape index (κ2) is 9.62. The first-order valence-corrected chi connectivity index (χ1v) is 8.70. The lowest BCUT2D eigenvalue weighted by Crippen LogP contribution is -2.42. The lowest BCUT2D eigenvalue weighted by atomic mass is 10.00. The van der Waals surface area contributed by atoms with Crippen molar-refractivity contribution in [1.82, 2.24) is 5.32 Å². The molecule has 0 spiro atoms. The molecule has 4 heteroatoms. The van der Waals surface area contributed by atoms with Crippen molar-refractivity contribution in [3.8, 4) is 0 Å². The number of rotatable bonds is 9. The fraction of sp³-hybridized carbons (Fsp3) is 0.333. The Bertz CT molecular complexity index is 656. The molecular formula is C21H26N2O2. The van der Waals surface area contributed by atoms with Crippen LogP contribution in [0.3, 0.4) is 0 Å². The van der Waals surface area contributed by atoms with Crippen LogP contribution in [0.4, 0.5) is 5.69 Å². The van der Waals surface area contributed by atoms with Gasteiger partial charge in [0.05, 0.1) is 6.04 Å². The Morgan fingerprint density at radius 2 is 1.60 bits per heavy atom. The first-order chi connectivity index (χ1) is 12.1. The smallest absolute Gasteiger partial charge is 0.242 e. The Hall–Kier alpha value is -2.62. The van der Waals surface area contributed by atoms with E-state index >= 15 is 0 Å². The van der Waals surface area contributed by atoms with Gasteiger partial charge >= 0.3 is 0 Å². The minimum absolute atomic E-state index is 0.0896. The fourth-order valence-corrected chi connectivity index (χ4v) is 2.77. The normalized spacial score (nSPS) is 13.1. The minimum Gasteiger partial charge on any atom is -0.374 e. The molecule has 0 unspecified atom stereocenters. The molecule has 0 fully saturated rings. The first kappa shape index (κ1) is 18.7. The Kier molecular flexibility index (Phi) is 7.20. The van der Waals surface area contributed by atoms with E-state index in [9.17, 15) is 9.59 Å². The molecule has 2 atom stereocenters. The van der Waals surface area contributed by atoms with Crippen molar-refractivity contribution in [3.63, 3.8) is 0 Å². The van der Waals surface area contributed by atoms with Crippen molar-refractivity contribution in [3.05, 3.63) is 66.2 Å². The molecular weight excluding hydrogens is 312 g/mol. The van der Waals surface area contributed by atoms with Gasteiger partial charge in [-0.25, -0.2) is 0 Å². The second-order valence-electron chi connectivity index (χ2n) is 6.57. The summed E-state index contributed by atoms with van der Waals surface area (Å²) in [5, 5.41) is 6.34. The predicted molar refractivity (Wildman–Crippen MR) is 101 cm³/mol. The van der Waals surface area contributed by atoms with E-state index in [0.29, 0.717) is 12.3 Å². The van der Waals surface area contributed by atoms with Crippen LogP contribution in [-0.4, -0.2) is 18.2 Å². The minimum atomic E-state index is -0.347. The van der Waals surface area contributed by atoms with Gasteiger partial charge in [-0.1, -0.05) is 62.4 Å². The van der Waals surface area contributed by atoms with Crippen LogP contribution < -0.4 is 10.6 Å². The Balaban J connectivity index is 2.12. The highest BCUT2D eigenvalue weighted by atomic mass is 16.2. The zero-order valence-corrected chi connectivity index (χ0v) is 14.8. The molecule has 2 rings (SSSR count). The Labute approximate surface area is 149 Å². The molecule has 4 nitrogen and oxygen atoms in total. The molecule has 2 N–H and O–H groups in total. The molecule has 25 heavy (non-hydrogen) atoms. The molecule has 0 aromatic heterocycles. The van der Waals surface area contributed by atoms with Gasteiger partial charge in [-0.15, -0.1) is 0 Å². The van der Waals surface area contributed by atoms with Crippen molar-refractivity contribution in [2.75, 3.05) is 5.32 Å². The quantitative estimate of drug-likeness (QED) is 0.681. The number of benzene rings is 2. The molecule has 0 aliphatic rings. The van der Waals surface area contributed by atoms with Crippen molar-refractivity contribution < 1.29 is 9.59 Å². The number of carbonyl (C=O) groups excluding carboxylic acids is 2. The number of anilines is 1. The third-order valence-corrected chi connectivity index (χ3v) is 3.99. The number of aldehydes is 1. The van der Waals surface area contributed by atoms with Crippen molar-refractivity contribution >= 4 is 17.9 Å². The highest BCUT2D eigenvalue weighted by Crippen LogP contribution is 2.18. The molecule has 0 bridgehead atoms. The van der Waals surface area contributed by atoms with E-state index in [1.807, 2.05) is 60.7 Å². The summed E-state index contributed by atoms with van der Waals surface area (Å²) in [5.41, 5.74) is 1.85. The monoisotopic (exact) mass is 338 g/mol. The maximum atomic E-state index is 12.9. The summed E-state index contributed by atoms with van der Waals surface area (Å²) in [6, 6.07) is 18.6. The average molecular weight is 338 g/mol. The third-order valence-electron chi connectivity index (χ3n) is 3.99. The van der Waals surface area contributed by atoms with Gasteiger partial charge in [-0.3, -0.25) is 4.79 Å². The number of amides is 1. The van der Waals surface area contributed by atoms with E-state index in [-0.39, 0.29) is 24.4 Å². The highest BCUT2D eigenvalue weighted by Gasteiger charge is 2.23. The summed E-state index contributed by atoms with van der Waals surface area (Å²) >= 11 is 0. The van der Waals surface area contributed by atoms with Gasteiger partial charge in [-0.05, 0) is 30.0 Å². The van der Waals surface area contributed by atoms with Gasteiger partial charge in [-0.2, -0.15) is 0 Å². The lowest BCUT2D eigenvalue weighted by molar-refractivity contribution is -0.123. The molecule has 0 aliphatic carbocycles. The van der Waals surface area contributed by atoms with Crippen molar-refractivity contribution in [2.24, 2.45) is 5.92 Å². The summed E-state index contributed by atoms with van der Waals surface area (Å²) in [7, 11) is 0. The van der Waals surface area contributed by atoms with Crippen LogP contribution in [0.1, 0.15) is 38.3 Å². The van der Waals surface area contributed by atoms with E-state index in [0.717, 1.165) is 17.5 Å². The summed E-state index contributed by atoms with van der Waals surface area (Å²) < 4.78 is 0. The summed E-state index contributed by atoms with van der Waals surface area (Å²) in [6.45, 7) is 4.18. The standard InChI is InChI=1S/C21H26N2O2/c1-16(2)15-20(22-18-11-7-4-8-12-18)21(25)23-19(13-14-24)17-9-5-3-6-10-17/h3-12,14,16,19-20,22H,13,15H2,1-2H3,(H,23,25)/t19-,20-/m1/s1. The summed E-state index contributed by atoms with van der Waals surface area (Å²) in [4.78, 5) is 23.9. The maximum Gasteiger partial charge on any atom is 0.242 e. The maximum absolute atomic E-state index is 12.9. The largest absolute Gasteiger partial charge is 0.374 e. The highest BCUT2D eigenvalue weighted by molar-refractivity contribution is 5.85. The van der Waals surface area contributed by atoms with Gasteiger partial charge in [0.2, 0.25) is 5.91 Å². The van der Waals surface area contributed by atoms with Crippen molar-refractivity contribution in [2.45, 2.75) is 38.8 Å². The molecule has 0 heterocycles. The fourth-order valence-electron chi connectivity index (χ4n) is 2.77. The van der Waals surface area contributed by atoms with Crippen LogP contribution in [0, 0.1) is 5.92 Å². The van der Waals surface area contributed by atoms with Gasteiger partial charge < -0.3 is 15.4 Å². The number of nitrogens with one attached hydrogen (secondary N) is 2. The number of carbonyl (C=O) groups is 2. The summed E-state index contributed by atoms with van der Waals surface area (Å²) in [6.07, 6.45) is 1.82. The van der Waals surface area contributed by atoms with Crippen LogP contribution in [0.5, 0.6) is 0 Å². The number of para-hydroxylation sites is 1. The lowest BCUT2D eigenvalue weighted by Gasteiger charge is -2.24. The van der Waals surface area contributed by atoms with Crippen LogP contribution >= 0.6 is 0 Å². The molecule has 132 valence electrons. The van der Waals surface area contributed by atoms with Crippen LogP contribution in [-0.2, 0) is 9.59 Å². The van der Waals surface area contributed by atoms with E-state index in [4.69, 9.17) is 0 Å². The second-order valence-corrected chi connectivity index (χ2v) is 6.57. The first-order valence-electron chi connectivity index (χ1n) is 8.70. The molecule has 0 saturated heterocycles. The van der Waals surface area contributed by atoms with Crippen LogP contribution in [0.2, 0.25) is 0 Å². The van der Waals surface area contributed by atoms with Gasteiger partial charge in [0.15, 0.2) is 0 Å². The zero-order valence-electron chi connectivity index (χ0n) is 14.8. The Morgan fingerprint density at radius 3 is 2.16 bits per heavy atom. The molecule has 1 amide bonds. The van der Waals surface area contributed by atoms with Crippen LogP contribution in [0.25, 0.3) is 0 Å². The van der Waals surface area contributed by atoms with E-state index in [2.05, 4.69) is 24.5 Å². The molecule has 0 radical (unpaired) electrons. The third kappa shape index (κ3) is 6.07. The van der Waals surface area contributed by atoms with E-state index < -0.39 is 0 Å². The summed E-state index contributed by atoms with van der Waals surface area (Å²) in [5.74, 6) is 0.279. The van der Waals surface area contributed by atoms with E-state index in [1.165, 1.54) is 0 Å². The SMILES string of the molecule is CC(C)C[C@@H](Nc1ccccc1)C(=O)N[C@H](CC=O)c1ccccc1. The number of hydrogen-bond donors (Lipinski definition) is 2. The van der Waals surface area contributed by atoms with E-state index in [1.54, 1.807) is 0 Å². The topological polar surface area (TPSA) is 58.2 Å². The molecule has 2 aromatic rings. The van der Waals surface area contributed by atoms with Crippen molar-refractivity contribution in [1.29, 1.82) is 0 Å². The molecule has 2 aromatic carbocycles. The van der Waals surface area contributed by atoms with Crippen LogP contribution in [0.15, 0.2) is 60.7 Å². The van der Waals surface area contributed by atoms with Gasteiger partial charge in [0, 0.05) is 12.1 Å². The molecule has 0 aliphatic heterocycles. The average Bonchev–Trinajstić information content (AvgIpc) is 2.62.